The van der Waals surface area contributed by atoms with Gasteiger partial charge in [-0.05, 0) is 49.8 Å². The van der Waals surface area contributed by atoms with Crippen molar-refractivity contribution in [2.75, 3.05) is 18.2 Å². The number of benzene rings is 1. The number of esters is 1. The molecule has 0 saturated heterocycles. The number of hydrogen-bond acceptors (Lipinski definition) is 4. The lowest BCUT2D eigenvalue weighted by Gasteiger charge is -2.29. The average molecular weight is 276 g/mol. The Morgan fingerprint density at radius 2 is 2.05 bits per heavy atom. The Hall–Kier alpha value is -1.71. The maximum atomic E-state index is 11.6. The molecule has 0 unspecified atom stereocenters. The molecule has 0 atom stereocenters. The van der Waals surface area contributed by atoms with E-state index >= 15 is 0 Å². The first kappa shape index (κ1) is 14.7. The van der Waals surface area contributed by atoms with Gasteiger partial charge in [-0.1, -0.05) is 13.3 Å². The fourth-order valence-electron chi connectivity index (χ4n) is 2.86. The van der Waals surface area contributed by atoms with Gasteiger partial charge in [-0.15, -0.1) is 0 Å². The van der Waals surface area contributed by atoms with E-state index in [0.29, 0.717) is 17.3 Å². The van der Waals surface area contributed by atoms with E-state index in [-0.39, 0.29) is 5.97 Å². The first-order valence-corrected chi connectivity index (χ1v) is 7.38. The molecule has 1 aromatic carbocycles. The lowest BCUT2D eigenvalue weighted by atomic mass is 9.84. The van der Waals surface area contributed by atoms with Crippen LogP contribution in [0.5, 0.6) is 0 Å². The molecule has 4 nitrogen and oxygen atoms in total. The van der Waals surface area contributed by atoms with Crippen molar-refractivity contribution in [3.05, 3.63) is 23.8 Å². The number of hydrogen-bond donors (Lipinski definition) is 2. The van der Waals surface area contributed by atoms with E-state index in [0.717, 1.165) is 11.6 Å². The second-order valence-corrected chi connectivity index (χ2v) is 5.56. The zero-order valence-corrected chi connectivity index (χ0v) is 12.3. The smallest absolute Gasteiger partial charge is 0.337 e. The van der Waals surface area contributed by atoms with Crippen LogP contribution in [0.15, 0.2) is 18.2 Å². The van der Waals surface area contributed by atoms with E-state index in [1.807, 2.05) is 0 Å². The molecule has 1 saturated carbocycles. The Morgan fingerprint density at radius 1 is 1.35 bits per heavy atom. The molecule has 1 aliphatic rings. The Kier molecular flexibility index (Phi) is 4.88. The van der Waals surface area contributed by atoms with Crippen molar-refractivity contribution >= 4 is 17.3 Å². The second-order valence-electron chi connectivity index (χ2n) is 5.56. The van der Waals surface area contributed by atoms with Crippen molar-refractivity contribution in [2.45, 2.75) is 45.1 Å². The number of nitrogens with two attached hydrogens (primary N) is 1. The van der Waals surface area contributed by atoms with Crippen LogP contribution in [0.1, 0.15) is 49.4 Å². The van der Waals surface area contributed by atoms with Crippen LogP contribution < -0.4 is 11.1 Å². The van der Waals surface area contributed by atoms with E-state index in [4.69, 9.17) is 10.5 Å². The molecule has 0 aliphatic heterocycles. The minimum atomic E-state index is -0.331. The molecule has 20 heavy (non-hydrogen) atoms. The van der Waals surface area contributed by atoms with Gasteiger partial charge in [0, 0.05) is 6.04 Å². The normalized spacial score (nSPS) is 22.3. The number of nitrogens with one attached hydrogen (secondary N) is 1. The van der Waals surface area contributed by atoms with Crippen molar-refractivity contribution in [1.82, 2.24) is 0 Å². The fourth-order valence-corrected chi connectivity index (χ4v) is 2.86. The van der Waals surface area contributed by atoms with Gasteiger partial charge in [-0.3, -0.25) is 0 Å². The van der Waals surface area contributed by atoms with E-state index < -0.39 is 0 Å². The molecule has 1 fully saturated rings. The third kappa shape index (κ3) is 3.44. The standard InChI is InChI=1S/C16H24N2O2/c1-3-11-4-7-13(8-5-11)18-15-10-12(16(19)20-2)6-9-14(15)17/h6,9-11,13,18H,3-5,7-8,17H2,1-2H3. The molecule has 0 aromatic heterocycles. The van der Waals surface area contributed by atoms with Gasteiger partial charge >= 0.3 is 5.97 Å². The molecule has 0 radical (unpaired) electrons. The predicted octanol–water partition coefficient (Wildman–Crippen LogP) is 3.44. The Balaban J connectivity index is 2.03. The Labute approximate surface area is 120 Å². The van der Waals surface area contributed by atoms with Crippen LogP contribution in [-0.4, -0.2) is 19.1 Å². The van der Waals surface area contributed by atoms with Crippen molar-refractivity contribution in [3.63, 3.8) is 0 Å². The summed E-state index contributed by atoms with van der Waals surface area (Å²) in [7, 11) is 1.39. The van der Waals surface area contributed by atoms with Crippen molar-refractivity contribution in [1.29, 1.82) is 0 Å². The molecular weight excluding hydrogens is 252 g/mol. The van der Waals surface area contributed by atoms with Crippen LogP contribution >= 0.6 is 0 Å². The van der Waals surface area contributed by atoms with Crippen LogP contribution in [0.4, 0.5) is 11.4 Å². The molecular formula is C16H24N2O2. The highest BCUT2D eigenvalue weighted by molar-refractivity contribution is 5.91. The van der Waals surface area contributed by atoms with Gasteiger partial charge in [0.2, 0.25) is 0 Å². The minimum Gasteiger partial charge on any atom is -0.465 e. The van der Waals surface area contributed by atoms with Crippen LogP contribution in [0.25, 0.3) is 0 Å². The SMILES string of the molecule is CCC1CCC(Nc2cc(C(=O)OC)ccc2N)CC1. The highest BCUT2D eigenvalue weighted by Crippen LogP contribution is 2.30. The number of carbonyl (C=O) groups is 1. The second kappa shape index (κ2) is 6.64. The first-order valence-electron chi connectivity index (χ1n) is 7.38. The largest absolute Gasteiger partial charge is 0.465 e. The first-order chi connectivity index (χ1) is 9.63. The van der Waals surface area contributed by atoms with Gasteiger partial charge in [0.1, 0.15) is 0 Å². The number of rotatable bonds is 4. The molecule has 4 heteroatoms. The maximum Gasteiger partial charge on any atom is 0.337 e. The van der Waals surface area contributed by atoms with Gasteiger partial charge in [-0.25, -0.2) is 4.79 Å². The van der Waals surface area contributed by atoms with E-state index in [2.05, 4.69) is 12.2 Å². The number of anilines is 2. The lowest BCUT2D eigenvalue weighted by molar-refractivity contribution is 0.0601. The van der Waals surface area contributed by atoms with Crippen LogP contribution in [-0.2, 0) is 4.74 Å². The van der Waals surface area contributed by atoms with Gasteiger partial charge in [-0.2, -0.15) is 0 Å². The molecule has 110 valence electrons. The van der Waals surface area contributed by atoms with Crippen molar-refractivity contribution < 1.29 is 9.53 Å². The lowest BCUT2D eigenvalue weighted by Crippen LogP contribution is -2.26. The molecule has 2 rings (SSSR count). The third-order valence-electron chi connectivity index (χ3n) is 4.26. The Morgan fingerprint density at radius 3 is 2.65 bits per heavy atom. The molecule has 0 amide bonds. The summed E-state index contributed by atoms with van der Waals surface area (Å²) in [5.74, 6) is 0.537. The van der Waals surface area contributed by atoms with Gasteiger partial charge in [0.25, 0.3) is 0 Å². The van der Waals surface area contributed by atoms with Crippen LogP contribution in [0, 0.1) is 5.92 Å². The fraction of sp³-hybridized carbons (Fsp3) is 0.562. The summed E-state index contributed by atoms with van der Waals surface area (Å²) < 4.78 is 4.74. The summed E-state index contributed by atoms with van der Waals surface area (Å²) in [5.41, 5.74) is 8.04. The summed E-state index contributed by atoms with van der Waals surface area (Å²) in [4.78, 5) is 11.6. The third-order valence-corrected chi connectivity index (χ3v) is 4.26. The van der Waals surface area contributed by atoms with Gasteiger partial charge < -0.3 is 15.8 Å². The van der Waals surface area contributed by atoms with Crippen LogP contribution in [0.3, 0.4) is 0 Å². The van der Waals surface area contributed by atoms with Gasteiger partial charge in [0.15, 0.2) is 0 Å². The zero-order valence-electron chi connectivity index (χ0n) is 12.3. The number of ether oxygens (including phenoxy) is 1. The molecule has 3 N–H and O–H groups in total. The Bertz CT molecular complexity index is 466. The average Bonchev–Trinajstić information content (AvgIpc) is 2.49. The molecule has 0 bridgehead atoms. The van der Waals surface area contributed by atoms with E-state index in [9.17, 15) is 4.79 Å². The molecule has 1 aromatic rings. The number of methoxy groups -OCH3 is 1. The summed E-state index contributed by atoms with van der Waals surface area (Å²) in [6.07, 6.45) is 6.14. The van der Waals surface area contributed by atoms with Crippen molar-refractivity contribution in [2.24, 2.45) is 5.92 Å². The molecule has 1 aliphatic carbocycles. The number of carbonyl (C=O) groups excluding carboxylic acids is 1. The highest BCUT2D eigenvalue weighted by Gasteiger charge is 2.20. The topological polar surface area (TPSA) is 64.3 Å². The highest BCUT2D eigenvalue weighted by atomic mass is 16.5. The zero-order chi connectivity index (χ0) is 14.5. The summed E-state index contributed by atoms with van der Waals surface area (Å²) in [6.45, 7) is 2.26. The monoisotopic (exact) mass is 276 g/mol. The maximum absolute atomic E-state index is 11.6. The van der Waals surface area contributed by atoms with Crippen LogP contribution in [0.2, 0.25) is 0 Å². The van der Waals surface area contributed by atoms with Crippen molar-refractivity contribution in [3.8, 4) is 0 Å². The van der Waals surface area contributed by atoms with Gasteiger partial charge in [0.05, 0.1) is 24.0 Å². The summed E-state index contributed by atoms with van der Waals surface area (Å²) in [6, 6.07) is 5.69. The minimum absolute atomic E-state index is 0.331. The quantitative estimate of drug-likeness (QED) is 0.653. The number of nitrogen functional groups attached to an aromatic ring is 1. The summed E-state index contributed by atoms with van der Waals surface area (Å²) >= 11 is 0. The molecule has 0 heterocycles. The predicted molar refractivity (Wildman–Crippen MR) is 81.9 cm³/mol. The van der Waals surface area contributed by atoms with E-state index in [1.165, 1.54) is 39.2 Å². The molecule has 0 spiro atoms. The summed E-state index contributed by atoms with van der Waals surface area (Å²) in [5, 5.41) is 3.48. The van der Waals surface area contributed by atoms with E-state index in [1.54, 1.807) is 18.2 Å².